The second-order valence-corrected chi connectivity index (χ2v) is 16.6. The molecule has 2 aliphatic carbocycles. The lowest BCUT2D eigenvalue weighted by Gasteiger charge is -2.43. The van der Waals surface area contributed by atoms with Crippen LogP contribution in [0.5, 0.6) is 0 Å². The molecule has 0 aromatic carbocycles. The fourth-order valence-corrected chi connectivity index (χ4v) is 8.85. The number of fused-ring (bicyclic) bond motifs is 1. The summed E-state index contributed by atoms with van der Waals surface area (Å²) in [7, 11) is 0.215. The van der Waals surface area contributed by atoms with E-state index >= 15 is 4.39 Å². The first-order valence-electron chi connectivity index (χ1n) is 15.2. The molecule has 9 nitrogen and oxygen atoms in total. The number of rotatable bonds is 7. The Labute approximate surface area is 263 Å². The van der Waals surface area contributed by atoms with E-state index in [1.54, 1.807) is 14.0 Å². The molecule has 2 fully saturated rings. The molecule has 0 spiro atoms. The minimum Gasteiger partial charge on any atom is -0.342 e. The highest BCUT2D eigenvalue weighted by molar-refractivity contribution is 14.1. The van der Waals surface area contributed by atoms with E-state index in [-0.39, 0.29) is 6.54 Å². The molecule has 1 saturated carbocycles. The lowest BCUT2D eigenvalue weighted by molar-refractivity contribution is 0.260. The number of nitrogens with zero attached hydrogens (tertiary/aromatic N) is 6. The van der Waals surface area contributed by atoms with Crippen LogP contribution in [0.25, 0.3) is 0 Å². The second kappa shape index (κ2) is 11.6. The van der Waals surface area contributed by atoms with Crippen LogP contribution in [0.3, 0.4) is 0 Å². The van der Waals surface area contributed by atoms with E-state index in [1.807, 2.05) is 35.6 Å². The van der Waals surface area contributed by atoms with E-state index in [0.29, 0.717) is 37.0 Å². The van der Waals surface area contributed by atoms with Crippen molar-refractivity contribution in [2.75, 3.05) is 53.5 Å². The first kappa shape index (κ1) is 30.2. The zero-order valence-corrected chi connectivity index (χ0v) is 28.1. The monoisotopic (exact) mass is 711 g/mol. The SMILES string of the molecule is CC1=C(CN2CCCN(C)S2(=O)=O)C=C(C(C)(F)I)C2=CN(C3=C=C(C(C4=NNCN4C)C4CCC4)CCC3)CCN21. The highest BCUT2D eigenvalue weighted by Crippen LogP contribution is 2.44. The lowest BCUT2D eigenvalue weighted by atomic mass is 9.70. The van der Waals surface area contributed by atoms with E-state index in [1.165, 1.54) is 39.1 Å². The highest BCUT2D eigenvalue weighted by atomic mass is 127. The number of hydrogen-bond donors (Lipinski definition) is 1. The number of hydrogen-bond acceptors (Lipinski definition) is 7. The summed E-state index contributed by atoms with van der Waals surface area (Å²) >= 11 is 1.86. The molecule has 2 atom stereocenters. The second-order valence-electron chi connectivity index (χ2n) is 12.5. The molecule has 0 radical (unpaired) electrons. The van der Waals surface area contributed by atoms with Gasteiger partial charge in [-0.25, -0.2) is 4.39 Å². The van der Waals surface area contributed by atoms with E-state index in [4.69, 9.17) is 0 Å². The van der Waals surface area contributed by atoms with E-state index in [9.17, 15) is 8.42 Å². The Kier molecular flexibility index (Phi) is 8.32. The maximum atomic E-state index is 15.8. The lowest BCUT2D eigenvalue weighted by Crippen LogP contribution is -2.49. The fourth-order valence-electron chi connectivity index (χ4n) is 7.00. The summed E-state index contributed by atoms with van der Waals surface area (Å²) in [5.41, 5.74) is 12.8. The predicted molar refractivity (Wildman–Crippen MR) is 172 cm³/mol. The molecule has 12 heteroatoms. The summed E-state index contributed by atoms with van der Waals surface area (Å²) in [6.45, 7) is 7.07. The molecule has 2 unspecified atom stereocenters. The van der Waals surface area contributed by atoms with E-state index in [2.05, 4.69) is 44.2 Å². The molecule has 0 amide bonds. The van der Waals surface area contributed by atoms with Crippen LogP contribution >= 0.6 is 22.6 Å². The van der Waals surface area contributed by atoms with E-state index in [0.717, 1.165) is 61.7 Å². The molecule has 4 heterocycles. The predicted octanol–water partition coefficient (Wildman–Crippen LogP) is 4.48. The molecule has 1 N–H and O–H groups in total. The van der Waals surface area contributed by atoms with Gasteiger partial charge in [-0.05, 0) is 98.1 Å². The van der Waals surface area contributed by atoms with Crippen molar-refractivity contribution in [1.29, 1.82) is 0 Å². The Hall–Kier alpha value is -1.86. The third kappa shape index (κ3) is 5.58. The van der Waals surface area contributed by atoms with Crippen LogP contribution in [0, 0.1) is 11.8 Å². The van der Waals surface area contributed by atoms with Crippen molar-refractivity contribution >= 4 is 38.6 Å². The average molecular weight is 712 g/mol. The van der Waals surface area contributed by atoms with Gasteiger partial charge in [-0.2, -0.15) is 22.1 Å². The molecule has 0 bridgehead atoms. The van der Waals surface area contributed by atoms with Crippen molar-refractivity contribution in [1.82, 2.24) is 28.7 Å². The molecule has 230 valence electrons. The largest absolute Gasteiger partial charge is 0.342 e. The van der Waals surface area contributed by atoms with Gasteiger partial charge in [0.05, 0.1) is 17.3 Å². The van der Waals surface area contributed by atoms with Crippen LogP contribution in [0.15, 0.2) is 56.9 Å². The smallest absolute Gasteiger partial charge is 0.282 e. The highest BCUT2D eigenvalue weighted by Gasteiger charge is 2.40. The molecule has 4 aliphatic heterocycles. The Morgan fingerprint density at radius 1 is 1.17 bits per heavy atom. The molecular weight excluding hydrogens is 668 g/mol. The number of hydrazone groups is 1. The Balaban J connectivity index is 1.34. The van der Waals surface area contributed by atoms with Crippen LogP contribution < -0.4 is 5.43 Å². The van der Waals surface area contributed by atoms with Gasteiger partial charge < -0.3 is 14.7 Å². The topological polar surface area (TPSA) is 74.7 Å². The summed E-state index contributed by atoms with van der Waals surface area (Å²) < 4.78 is 43.1. The van der Waals surface area contributed by atoms with Gasteiger partial charge in [0.15, 0.2) is 3.68 Å². The van der Waals surface area contributed by atoms with Gasteiger partial charge in [0.25, 0.3) is 10.2 Å². The summed E-state index contributed by atoms with van der Waals surface area (Å²) in [5, 5.41) is 4.69. The van der Waals surface area contributed by atoms with Crippen LogP contribution in [0.4, 0.5) is 4.39 Å². The first-order chi connectivity index (χ1) is 19.9. The van der Waals surface area contributed by atoms with Gasteiger partial charge in [-0.3, -0.25) is 5.43 Å². The Morgan fingerprint density at radius 2 is 1.95 bits per heavy atom. The van der Waals surface area contributed by atoms with Crippen LogP contribution in [-0.4, -0.2) is 94.7 Å². The van der Waals surface area contributed by atoms with Gasteiger partial charge in [0.2, 0.25) is 0 Å². The Morgan fingerprint density at radius 3 is 2.62 bits per heavy atom. The maximum absolute atomic E-state index is 15.8. The minimum atomic E-state index is -3.52. The fraction of sp³-hybridized carbons (Fsp3) is 0.667. The zero-order chi connectivity index (χ0) is 29.8. The van der Waals surface area contributed by atoms with Crippen molar-refractivity contribution in [2.45, 2.75) is 62.5 Å². The maximum Gasteiger partial charge on any atom is 0.282 e. The summed E-state index contributed by atoms with van der Waals surface area (Å²) in [6.07, 6.45) is 11.6. The van der Waals surface area contributed by atoms with Crippen LogP contribution in [0.2, 0.25) is 0 Å². The summed E-state index contributed by atoms with van der Waals surface area (Å²) in [4.78, 5) is 6.69. The molecule has 0 aromatic heterocycles. The van der Waals surface area contributed by atoms with Crippen molar-refractivity contribution in [2.24, 2.45) is 16.9 Å². The number of halogens is 2. The third-order valence-corrected chi connectivity index (χ3v) is 12.2. The Bertz CT molecular complexity index is 1420. The molecule has 42 heavy (non-hydrogen) atoms. The molecule has 6 aliphatic rings. The normalized spacial score (nSPS) is 27.7. The number of nitrogens with one attached hydrogen (secondary N) is 1. The van der Waals surface area contributed by atoms with Crippen molar-refractivity contribution in [3.8, 4) is 0 Å². The quantitative estimate of drug-likeness (QED) is 0.239. The molecular formula is C30H43FIN7O2S. The van der Waals surface area contributed by atoms with Crippen LogP contribution in [-0.2, 0) is 10.2 Å². The third-order valence-electron chi connectivity index (χ3n) is 9.70. The number of alkyl halides is 2. The summed E-state index contributed by atoms with van der Waals surface area (Å²) in [5.74, 6) is 2.06. The first-order valence-corrected chi connectivity index (χ1v) is 17.7. The van der Waals surface area contributed by atoms with Gasteiger partial charge in [-0.1, -0.05) is 12.2 Å². The molecule has 1 saturated heterocycles. The summed E-state index contributed by atoms with van der Waals surface area (Å²) in [6, 6.07) is 0. The number of amidine groups is 1. The minimum absolute atomic E-state index is 0.245. The van der Waals surface area contributed by atoms with Gasteiger partial charge in [0, 0.05) is 64.3 Å². The molecule has 6 rings (SSSR count). The van der Waals surface area contributed by atoms with Crippen molar-refractivity contribution < 1.29 is 12.8 Å². The van der Waals surface area contributed by atoms with Gasteiger partial charge >= 0.3 is 0 Å². The standard InChI is InChI=1S/C30H43FIN7O2S/c1-21-24(18-38-13-7-12-36(4)42(38,40)41)17-26(30(2,31)32)27-19-37(14-15-39(21)27)25-11-6-10-23(16-25)28(22-8-5-9-22)29-34-33-20-35(29)3/h17,19,22,28,33H,5-15,18,20H2,1-4H3. The van der Waals surface area contributed by atoms with Gasteiger partial charge in [0.1, 0.15) is 12.5 Å². The van der Waals surface area contributed by atoms with Gasteiger partial charge in [-0.15, -0.1) is 0 Å². The van der Waals surface area contributed by atoms with Crippen molar-refractivity contribution in [3.63, 3.8) is 0 Å². The zero-order valence-electron chi connectivity index (χ0n) is 25.2. The van der Waals surface area contributed by atoms with Crippen LogP contribution in [0.1, 0.15) is 58.8 Å². The average Bonchev–Trinajstić information content (AvgIpc) is 3.34. The van der Waals surface area contributed by atoms with Crippen molar-refractivity contribution in [3.05, 3.63) is 51.8 Å². The van der Waals surface area contributed by atoms with E-state index < -0.39 is 13.9 Å². The number of allylic oxidation sites excluding steroid dienone is 2. The molecule has 0 aromatic rings.